The van der Waals surface area contributed by atoms with Crippen LogP contribution in [-0.2, 0) is 16.0 Å². The summed E-state index contributed by atoms with van der Waals surface area (Å²) >= 11 is 1.08. The van der Waals surface area contributed by atoms with Gasteiger partial charge in [0, 0.05) is 23.4 Å². The molecule has 2 aromatic rings. The monoisotopic (exact) mass is 369 g/mol. The molecule has 0 aliphatic carbocycles. The zero-order valence-electron chi connectivity index (χ0n) is 14.1. The average Bonchev–Trinajstić information content (AvgIpc) is 2.67. The number of rotatable bonds is 5. The molecule has 0 fully saturated rings. The highest BCUT2D eigenvalue weighted by molar-refractivity contribution is 8.14. The van der Waals surface area contributed by atoms with Crippen molar-refractivity contribution in [1.29, 1.82) is 0 Å². The van der Waals surface area contributed by atoms with Gasteiger partial charge in [-0.2, -0.15) is 0 Å². The van der Waals surface area contributed by atoms with Crippen molar-refractivity contribution in [3.63, 3.8) is 0 Å². The number of carbonyl (C=O) groups is 3. The minimum absolute atomic E-state index is 0.0905. The Morgan fingerprint density at radius 3 is 2.46 bits per heavy atom. The molecular formula is C20H19NO4S. The van der Waals surface area contributed by atoms with Crippen LogP contribution >= 0.6 is 11.8 Å². The first-order valence-corrected chi connectivity index (χ1v) is 9.41. The number of benzene rings is 2. The van der Waals surface area contributed by atoms with Crippen LogP contribution in [-0.4, -0.2) is 33.9 Å². The summed E-state index contributed by atoms with van der Waals surface area (Å²) < 4.78 is 0. The normalized spacial score (nSPS) is 16.0. The van der Waals surface area contributed by atoms with Gasteiger partial charge in [0.1, 0.15) is 6.04 Å². The summed E-state index contributed by atoms with van der Waals surface area (Å²) in [6.45, 7) is 0. The van der Waals surface area contributed by atoms with Gasteiger partial charge in [-0.25, -0.2) is 4.79 Å². The molecule has 3 rings (SSSR count). The third-order valence-corrected chi connectivity index (χ3v) is 5.27. The maximum atomic E-state index is 12.7. The molecule has 0 saturated carbocycles. The number of fused-ring (bicyclic) bond motifs is 1. The molecule has 6 heteroatoms. The number of carboxylic acids is 1. The molecule has 1 heterocycles. The molecule has 1 aliphatic heterocycles. The Morgan fingerprint density at radius 2 is 1.73 bits per heavy atom. The van der Waals surface area contributed by atoms with Gasteiger partial charge in [0.2, 0.25) is 11.0 Å². The maximum absolute atomic E-state index is 12.7. The first-order chi connectivity index (χ1) is 12.6. The van der Waals surface area contributed by atoms with E-state index in [1.807, 2.05) is 18.2 Å². The number of nitrogens with zero attached hydrogens (tertiary/aromatic N) is 1. The van der Waals surface area contributed by atoms with Crippen LogP contribution in [0.15, 0.2) is 54.6 Å². The molecule has 1 atom stereocenters. The van der Waals surface area contributed by atoms with Crippen molar-refractivity contribution in [2.24, 2.45) is 0 Å². The largest absolute Gasteiger partial charge is 0.480 e. The van der Waals surface area contributed by atoms with Crippen LogP contribution in [0.1, 0.15) is 28.8 Å². The summed E-state index contributed by atoms with van der Waals surface area (Å²) in [6, 6.07) is 15.4. The highest BCUT2D eigenvalue weighted by Gasteiger charge is 2.35. The van der Waals surface area contributed by atoms with Crippen molar-refractivity contribution < 1.29 is 19.5 Å². The average molecular weight is 369 g/mol. The number of carboxylic acid groups (broad SMARTS) is 1. The summed E-state index contributed by atoms with van der Waals surface area (Å²) in [5.74, 6) is -0.948. The van der Waals surface area contributed by atoms with Crippen molar-refractivity contribution in [2.75, 3.05) is 10.7 Å². The molecule has 0 aromatic heterocycles. The van der Waals surface area contributed by atoms with E-state index < -0.39 is 12.0 Å². The van der Waals surface area contributed by atoms with Gasteiger partial charge >= 0.3 is 5.97 Å². The van der Waals surface area contributed by atoms with Gasteiger partial charge in [-0.3, -0.25) is 14.5 Å². The minimum atomic E-state index is -0.999. The number of para-hydroxylation sites is 1. The summed E-state index contributed by atoms with van der Waals surface area (Å²) in [4.78, 5) is 37.8. The molecular weight excluding hydrogens is 350 g/mol. The third kappa shape index (κ3) is 3.96. The number of hydrogen-bond donors (Lipinski definition) is 1. The number of thioether (sulfide) groups is 1. The summed E-state index contributed by atoms with van der Waals surface area (Å²) in [6.07, 6.45) is 1.15. The second-order valence-electron chi connectivity index (χ2n) is 6.04. The van der Waals surface area contributed by atoms with Crippen molar-refractivity contribution in [2.45, 2.75) is 25.3 Å². The Labute approximate surface area is 156 Å². The number of aryl methyl sites for hydroxylation is 1. The molecule has 1 aliphatic rings. The zero-order valence-corrected chi connectivity index (χ0v) is 14.9. The predicted octanol–water partition coefficient (Wildman–Crippen LogP) is 3.38. The van der Waals surface area contributed by atoms with E-state index in [1.165, 1.54) is 4.90 Å². The summed E-state index contributed by atoms with van der Waals surface area (Å²) in [5.41, 5.74) is 2.23. The van der Waals surface area contributed by atoms with E-state index in [1.54, 1.807) is 36.4 Å². The van der Waals surface area contributed by atoms with Gasteiger partial charge in [0.25, 0.3) is 0 Å². The molecule has 0 bridgehead atoms. The zero-order chi connectivity index (χ0) is 18.5. The molecule has 26 heavy (non-hydrogen) atoms. The number of carbonyl (C=O) groups excluding carboxylic acids is 2. The Morgan fingerprint density at radius 1 is 1.04 bits per heavy atom. The number of aliphatic carboxylic acids is 1. The van der Waals surface area contributed by atoms with Crippen molar-refractivity contribution in [3.8, 4) is 0 Å². The van der Waals surface area contributed by atoms with E-state index in [4.69, 9.17) is 0 Å². The number of hydrogen-bond acceptors (Lipinski definition) is 4. The van der Waals surface area contributed by atoms with E-state index in [0.29, 0.717) is 29.8 Å². The van der Waals surface area contributed by atoms with Gasteiger partial charge in [-0.1, -0.05) is 60.3 Å². The Bertz CT molecular complexity index is 822. The van der Waals surface area contributed by atoms with Gasteiger partial charge in [0.15, 0.2) is 0 Å². The quantitative estimate of drug-likeness (QED) is 0.874. The molecule has 1 N–H and O–H groups in total. The summed E-state index contributed by atoms with van der Waals surface area (Å²) in [7, 11) is 0. The second kappa shape index (κ2) is 8.19. The highest BCUT2D eigenvalue weighted by Crippen LogP contribution is 2.31. The van der Waals surface area contributed by atoms with Crippen molar-refractivity contribution in [3.05, 3.63) is 65.7 Å². The van der Waals surface area contributed by atoms with Crippen LogP contribution in [0.3, 0.4) is 0 Å². The minimum Gasteiger partial charge on any atom is -0.480 e. The van der Waals surface area contributed by atoms with Gasteiger partial charge in [-0.15, -0.1) is 0 Å². The molecule has 0 saturated heterocycles. The fourth-order valence-corrected chi connectivity index (χ4v) is 3.86. The maximum Gasteiger partial charge on any atom is 0.326 e. The Hall–Kier alpha value is -2.60. The first-order valence-electron chi connectivity index (χ1n) is 8.43. The lowest BCUT2D eigenvalue weighted by Gasteiger charge is -2.34. The fourth-order valence-electron chi connectivity index (χ4n) is 3.10. The van der Waals surface area contributed by atoms with Gasteiger partial charge in [0.05, 0.1) is 0 Å². The van der Waals surface area contributed by atoms with Gasteiger partial charge in [-0.05, 0) is 24.5 Å². The lowest BCUT2D eigenvalue weighted by Crippen LogP contribution is -2.48. The van der Waals surface area contributed by atoms with Crippen LogP contribution in [0.4, 0.5) is 5.69 Å². The van der Waals surface area contributed by atoms with E-state index in [2.05, 4.69) is 0 Å². The van der Waals surface area contributed by atoms with E-state index in [9.17, 15) is 19.5 Å². The molecule has 2 aromatic carbocycles. The number of anilines is 1. The fraction of sp³-hybridized carbons (Fsp3) is 0.250. The van der Waals surface area contributed by atoms with E-state index in [-0.39, 0.29) is 17.4 Å². The van der Waals surface area contributed by atoms with Gasteiger partial charge < -0.3 is 5.11 Å². The third-order valence-electron chi connectivity index (χ3n) is 4.36. The van der Waals surface area contributed by atoms with Crippen molar-refractivity contribution in [1.82, 2.24) is 0 Å². The molecule has 0 unspecified atom stereocenters. The molecule has 5 nitrogen and oxygen atoms in total. The molecule has 0 radical (unpaired) electrons. The smallest absolute Gasteiger partial charge is 0.326 e. The van der Waals surface area contributed by atoms with E-state index in [0.717, 1.165) is 17.3 Å². The lowest BCUT2D eigenvalue weighted by atomic mass is 9.95. The Balaban J connectivity index is 1.67. The highest BCUT2D eigenvalue weighted by atomic mass is 32.2. The molecule has 134 valence electrons. The van der Waals surface area contributed by atoms with E-state index >= 15 is 0 Å². The standard InChI is InChI=1S/C20H19NO4S/c22-18(12-13-26-20(25)15-7-2-1-3-8-15)21-16-9-5-4-6-14(16)10-11-17(21)19(23)24/h1-9,17H,10-13H2,(H,23,24)/t17-/m0/s1. The predicted molar refractivity (Wildman–Crippen MR) is 102 cm³/mol. The Kier molecular flexibility index (Phi) is 5.73. The van der Waals surface area contributed by atoms with Crippen LogP contribution in [0, 0.1) is 0 Å². The summed E-state index contributed by atoms with van der Waals surface area (Å²) in [5, 5.41) is 9.40. The topological polar surface area (TPSA) is 74.7 Å². The van der Waals surface area contributed by atoms with Crippen LogP contribution in [0.2, 0.25) is 0 Å². The van der Waals surface area contributed by atoms with Crippen LogP contribution < -0.4 is 4.90 Å². The first kappa shape index (κ1) is 18.2. The van der Waals surface area contributed by atoms with Crippen molar-refractivity contribution >= 4 is 34.4 Å². The second-order valence-corrected chi connectivity index (χ2v) is 7.10. The lowest BCUT2D eigenvalue weighted by molar-refractivity contribution is -0.140. The number of amides is 1. The molecule has 0 spiro atoms. The molecule has 1 amide bonds. The van der Waals surface area contributed by atoms with Crippen LogP contribution in [0.25, 0.3) is 0 Å². The SMILES string of the molecule is O=C(SCCC(=O)N1c2ccccc2CC[C@H]1C(=O)O)c1ccccc1. The van der Waals surface area contributed by atoms with Crippen LogP contribution in [0.5, 0.6) is 0 Å².